The Morgan fingerprint density at radius 1 is 1.33 bits per heavy atom. The molecule has 1 aromatic carbocycles. The smallest absolute Gasteiger partial charge is 0.193 e. The summed E-state index contributed by atoms with van der Waals surface area (Å²) in [6, 6.07) is 8.07. The van der Waals surface area contributed by atoms with Crippen molar-refractivity contribution in [2.24, 2.45) is 0 Å². The number of nitrogens with zero attached hydrogens (tertiary/aromatic N) is 1. The van der Waals surface area contributed by atoms with E-state index in [0.717, 1.165) is 45.6 Å². The van der Waals surface area contributed by atoms with Crippen molar-refractivity contribution in [1.29, 1.82) is 0 Å². The Bertz CT molecular complexity index is 885. The molecule has 4 nitrogen and oxygen atoms in total. The van der Waals surface area contributed by atoms with Crippen LogP contribution in [0.15, 0.2) is 51.4 Å². The minimum atomic E-state index is 0.0371. The van der Waals surface area contributed by atoms with Crippen LogP contribution < -0.4 is 15.6 Å². The molecule has 1 N–H and O–H groups in total. The van der Waals surface area contributed by atoms with E-state index in [1.807, 2.05) is 24.3 Å². The molecular weight excluding hydrogens is 319 g/mol. The van der Waals surface area contributed by atoms with E-state index >= 15 is 0 Å². The second-order valence-electron chi connectivity index (χ2n) is 6.39. The summed E-state index contributed by atoms with van der Waals surface area (Å²) in [6.07, 6.45) is 5.02. The minimum absolute atomic E-state index is 0.0371. The second kappa shape index (κ2) is 6.54. The first-order valence-electron chi connectivity index (χ1n) is 8.36. The summed E-state index contributed by atoms with van der Waals surface area (Å²) in [5.74, 6) is 2.86. The van der Waals surface area contributed by atoms with Gasteiger partial charge < -0.3 is 14.6 Å². The molecule has 4 rings (SSSR count). The van der Waals surface area contributed by atoms with Crippen LogP contribution in [0.1, 0.15) is 12.7 Å². The number of allylic oxidation sites excluding steroid dienone is 3. The lowest BCUT2D eigenvalue weighted by Crippen LogP contribution is -2.49. The van der Waals surface area contributed by atoms with Gasteiger partial charge in [0.1, 0.15) is 11.3 Å². The predicted octanol–water partition coefficient (Wildman–Crippen LogP) is 3.18. The summed E-state index contributed by atoms with van der Waals surface area (Å²) < 4.78 is 6.02. The molecule has 2 unspecified atom stereocenters. The van der Waals surface area contributed by atoms with Gasteiger partial charge >= 0.3 is 0 Å². The molecule has 2 aliphatic rings. The molecule has 24 heavy (non-hydrogen) atoms. The standard InChI is InChI=1S/C19H21N2O2P/c1-13-11-21(7-6-20-13)15-4-5-18-16(9-15)17(22)10-19(23-18)14-3-2-8-24-12-14/h2-5,8-10,13,20,24H,6-7,11-12H2,1H3. The van der Waals surface area contributed by atoms with E-state index in [9.17, 15) is 4.79 Å². The average Bonchev–Trinajstić information content (AvgIpc) is 2.62. The van der Waals surface area contributed by atoms with Crippen molar-refractivity contribution in [2.75, 3.05) is 30.7 Å². The molecule has 0 aliphatic carbocycles. The Morgan fingerprint density at radius 2 is 2.25 bits per heavy atom. The fourth-order valence-corrected chi connectivity index (χ4v) is 4.16. The average molecular weight is 340 g/mol. The van der Waals surface area contributed by atoms with E-state index in [0.29, 0.717) is 22.8 Å². The van der Waals surface area contributed by atoms with Crippen molar-refractivity contribution in [3.05, 3.63) is 58.2 Å². The Labute approximate surface area is 143 Å². The van der Waals surface area contributed by atoms with Crippen LogP contribution in [0.3, 0.4) is 0 Å². The van der Waals surface area contributed by atoms with E-state index in [-0.39, 0.29) is 5.43 Å². The zero-order valence-corrected chi connectivity index (χ0v) is 14.7. The number of hydrogen-bond acceptors (Lipinski definition) is 4. The first-order valence-corrected chi connectivity index (χ1v) is 9.65. The number of benzene rings is 1. The number of piperazine rings is 1. The van der Waals surface area contributed by atoms with Crippen LogP contribution in [-0.4, -0.2) is 31.8 Å². The number of fused-ring (bicyclic) bond motifs is 1. The van der Waals surface area contributed by atoms with Crippen LogP contribution >= 0.6 is 8.58 Å². The van der Waals surface area contributed by atoms with Gasteiger partial charge in [0.25, 0.3) is 0 Å². The lowest BCUT2D eigenvalue weighted by molar-refractivity contribution is 0.485. The van der Waals surface area contributed by atoms with Gasteiger partial charge in [-0.3, -0.25) is 4.79 Å². The number of nitrogens with one attached hydrogen (secondary N) is 1. The Morgan fingerprint density at radius 3 is 3.04 bits per heavy atom. The summed E-state index contributed by atoms with van der Waals surface area (Å²) >= 11 is 0. The molecule has 0 radical (unpaired) electrons. The molecule has 2 atom stereocenters. The normalized spacial score (nSPS) is 22.1. The Kier molecular flexibility index (Phi) is 4.26. The molecule has 0 amide bonds. The van der Waals surface area contributed by atoms with Gasteiger partial charge in [0.15, 0.2) is 5.43 Å². The van der Waals surface area contributed by atoms with E-state index in [1.54, 1.807) is 6.07 Å². The first kappa shape index (κ1) is 15.6. The number of hydrogen-bond donors (Lipinski definition) is 1. The third-order valence-electron chi connectivity index (χ3n) is 4.57. The Balaban J connectivity index is 1.73. The van der Waals surface area contributed by atoms with Crippen LogP contribution in [0.5, 0.6) is 0 Å². The summed E-state index contributed by atoms with van der Waals surface area (Å²) in [4.78, 5) is 14.9. The van der Waals surface area contributed by atoms with Crippen LogP contribution in [-0.2, 0) is 0 Å². The minimum Gasteiger partial charge on any atom is -0.456 e. The van der Waals surface area contributed by atoms with Gasteiger partial charge in [-0.05, 0) is 36.9 Å². The highest BCUT2D eigenvalue weighted by Crippen LogP contribution is 2.30. The van der Waals surface area contributed by atoms with Crippen LogP contribution in [0.25, 0.3) is 16.5 Å². The van der Waals surface area contributed by atoms with Gasteiger partial charge in [-0.1, -0.05) is 26.5 Å². The highest BCUT2D eigenvalue weighted by Gasteiger charge is 2.17. The Hall–Kier alpha value is -1.90. The lowest BCUT2D eigenvalue weighted by atomic mass is 10.1. The van der Waals surface area contributed by atoms with E-state index in [1.165, 1.54) is 0 Å². The van der Waals surface area contributed by atoms with Crippen LogP contribution in [0, 0.1) is 0 Å². The maximum absolute atomic E-state index is 12.6. The van der Waals surface area contributed by atoms with Gasteiger partial charge in [-0.2, -0.15) is 0 Å². The summed E-state index contributed by atoms with van der Waals surface area (Å²) in [6.45, 7) is 5.06. The van der Waals surface area contributed by atoms with E-state index in [4.69, 9.17) is 4.42 Å². The topological polar surface area (TPSA) is 45.5 Å². The maximum Gasteiger partial charge on any atom is 0.193 e. The zero-order chi connectivity index (χ0) is 16.5. The summed E-state index contributed by atoms with van der Waals surface area (Å²) in [5, 5.41) is 4.10. The molecule has 1 saturated heterocycles. The van der Waals surface area contributed by atoms with Gasteiger partial charge in [0, 0.05) is 37.4 Å². The van der Waals surface area contributed by atoms with Gasteiger partial charge in [0.05, 0.1) is 5.39 Å². The van der Waals surface area contributed by atoms with Gasteiger partial charge in [0.2, 0.25) is 0 Å². The van der Waals surface area contributed by atoms with Gasteiger partial charge in [-0.15, -0.1) is 0 Å². The molecule has 1 fully saturated rings. The molecule has 2 aliphatic heterocycles. The second-order valence-corrected chi connectivity index (χ2v) is 7.48. The van der Waals surface area contributed by atoms with E-state index in [2.05, 4.69) is 29.0 Å². The fraction of sp³-hybridized carbons (Fsp3) is 0.316. The third-order valence-corrected chi connectivity index (χ3v) is 5.58. The molecule has 3 heterocycles. The third kappa shape index (κ3) is 3.04. The van der Waals surface area contributed by atoms with Crippen molar-refractivity contribution in [1.82, 2.24) is 5.32 Å². The van der Waals surface area contributed by atoms with Crippen molar-refractivity contribution in [2.45, 2.75) is 13.0 Å². The largest absolute Gasteiger partial charge is 0.456 e. The summed E-state index contributed by atoms with van der Waals surface area (Å²) in [7, 11) is 0.756. The molecule has 124 valence electrons. The fourth-order valence-electron chi connectivity index (χ4n) is 3.30. The van der Waals surface area contributed by atoms with Gasteiger partial charge in [-0.25, -0.2) is 0 Å². The number of anilines is 1. The molecule has 5 heteroatoms. The monoisotopic (exact) mass is 340 g/mol. The molecule has 0 bridgehead atoms. The molecule has 0 spiro atoms. The highest BCUT2D eigenvalue weighted by atomic mass is 31.1. The van der Waals surface area contributed by atoms with Crippen LogP contribution in [0.2, 0.25) is 0 Å². The summed E-state index contributed by atoms with van der Waals surface area (Å²) in [5.41, 5.74) is 2.91. The van der Waals surface area contributed by atoms with Crippen LogP contribution in [0.4, 0.5) is 5.69 Å². The molecule has 0 saturated carbocycles. The predicted molar refractivity (Wildman–Crippen MR) is 102 cm³/mol. The SMILES string of the molecule is CC1CN(c2ccc3oc(C4=CC=CPC4)cc(=O)c3c2)CCN1. The van der Waals surface area contributed by atoms with E-state index < -0.39 is 0 Å². The molecular formula is C19H21N2O2P. The van der Waals surface area contributed by atoms with Crippen molar-refractivity contribution in [3.8, 4) is 0 Å². The van der Waals surface area contributed by atoms with Crippen molar-refractivity contribution < 1.29 is 4.42 Å². The first-order chi connectivity index (χ1) is 11.7. The lowest BCUT2D eigenvalue weighted by Gasteiger charge is -2.33. The quantitative estimate of drug-likeness (QED) is 0.853. The number of rotatable bonds is 2. The maximum atomic E-state index is 12.6. The van der Waals surface area contributed by atoms with Crippen molar-refractivity contribution >= 4 is 30.8 Å². The molecule has 2 aromatic rings. The molecule has 1 aromatic heterocycles. The zero-order valence-electron chi connectivity index (χ0n) is 13.7. The highest BCUT2D eigenvalue weighted by molar-refractivity contribution is 7.42. The van der Waals surface area contributed by atoms with Crippen molar-refractivity contribution in [3.63, 3.8) is 0 Å².